The molecule has 0 aliphatic carbocycles. The maximum Gasteiger partial charge on any atom is 0.258 e. The second kappa shape index (κ2) is 7.47. The van der Waals surface area contributed by atoms with Gasteiger partial charge in [-0.15, -0.1) is 0 Å². The predicted molar refractivity (Wildman–Crippen MR) is 100 cm³/mol. The molecule has 1 aliphatic rings. The normalized spacial score (nSPS) is 13.5. The Balaban J connectivity index is 1.86. The zero-order valence-electron chi connectivity index (χ0n) is 14.9. The van der Waals surface area contributed by atoms with Gasteiger partial charge in [-0.3, -0.25) is 4.79 Å². The quantitative estimate of drug-likeness (QED) is 0.843. The largest absolute Gasteiger partial charge is 0.494 e. The fourth-order valence-corrected chi connectivity index (χ4v) is 3.75. The summed E-state index contributed by atoms with van der Waals surface area (Å²) < 4.78 is 31.8. The lowest BCUT2D eigenvalue weighted by atomic mass is 10.1. The molecular weight excluding hydrogens is 352 g/mol. The predicted octanol–water partition coefficient (Wildman–Crippen LogP) is 2.59. The van der Waals surface area contributed by atoms with Gasteiger partial charge in [-0.25, -0.2) is 13.1 Å². The number of hydrogen-bond donors (Lipinski definition) is 1. The molecule has 2 aromatic carbocycles. The van der Waals surface area contributed by atoms with Crippen molar-refractivity contribution < 1.29 is 17.9 Å². The van der Waals surface area contributed by atoms with Crippen molar-refractivity contribution in [2.45, 2.75) is 24.7 Å². The second-order valence-corrected chi connectivity index (χ2v) is 7.97. The Labute approximate surface area is 153 Å². The molecule has 1 aliphatic heterocycles. The minimum atomic E-state index is -3.49. The van der Waals surface area contributed by atoms with E-state index < -0.39 is 10.0 Å². The molecule has 0 radical (unpaired) electrons. The zero-order valence-corrected chi connectivity index (χ0v) is 15.7. The van der Waals surface area contributed by atoms with Crippen LogP contribution in [0.4, 0.5) is 5.69 Å². The van der Waals surface area contributed by atoms with Crippen LogP contribution in [-0.4, -0.2) is 34.5 Å². The van der Waals surface area contributed by atoms with Gasteiger partial charge in [0.25, 0.3) is 5.91 Å². The van der Waals surface area contributed by atoms with E-state index in [4.69, 9.17) is 4.74 Å². The van der Waals surface area contributed by atoms with Gasteiger partial charge >= 0.3 is 0 Å². The maximum atomic E-state index is 12.9. The topological polar surface area (TPSA) is 75.7 Å². The summed E-state index contributed by atoms with van der Waals surface area (Å²) in [6.45, 7) is 3.16. The molecule has 1 N–H and O–H groups in total. The number of anilines is 1. The SMILES string of the molecule is CCCOc1cccc(C(=O)N2CCc3cc(S(=O)(=O)NC)ccc32)c1. The van der Waals surface area contributed by atoms with E-state index in [1.54, 1.807) is 35.2 Å². The smallest absolute Gasteiger partial charge is 0.258 e. The first-order valence-corrected chi connectivity index (χ1v) is 10.1. The van der Waals surface area contributed by atoms with Crippen molar-refractivity contribution >= 4 is 21.6 Å². The van der Waals surface area contributed by atoms with Crippen LogP contribution in [0.3, 0.4) is 0 Å². The van der Waals surface area contributed by atoms with Gasteiger partial charge in [-0.05, 0) is 61.9 Å². The number of nitrogens with one attached hydrogen (secondary N) is 1. The van der Waals surface area contributed by atoms with E-state index in [0.29, 0.717) is 30.9 Å². The lowest BCUT2D eigenvalue weighted by Crippen LogP contribution is -2.28. The lowest BCUT2D eigenvalue weighted by Gasteiger charge is -2.18. The minimum Gasteiger partial charge on any atom is -0.494 e. The molecule has 0 saturated carbocycles. The number of amides is 1. The van der Waals surface area contributed by atoms with Crippen molar-refractivity contribution in [2.24, 2.45) is 0 Å². The zero-order chi connectivity index (χ0) is 18.7. The van der Waals surface area contributed by atoms with Crippen LogP contribution >= 0.6 is 0 Å². The van der Waals surface area contributed by atoms with E-state index in [-0.39, 0.29) is 10.8 Å². The lowest BCUT2D eigenvalue weighted by molar-refractivity contribution is 0.0989. The molecule has 0 aromatic heterocycles. The average molecular weight is 374 g/mol. The third kappa shape index (κ3) is 3.59. The number of fused-ring (bicyclic) bond motifs is 1. The van der Waals surface area contributed by atoms with Crippen molar-refractivity contribution in [1.82, 2.24) is 4.72 Å². The summed E-state index contributed by atoms with van der Waals surface area (Å²) in [6, 6.07) is 12.0. The number of nitrogens with zero attached hydrogens (tertiary/aromatic N) is 1. The Morgan fingerprint density at radius 1 is 1.23 bits per heavy atom. The van der Waals surface area contributed by atoms with Crippen molar-refractivity contribution in [3.8, 4) is 5.75 Å². The fraction of sp³-hybridized carbons (Fsp3) is 0.316. The van der Waals surface area contributed by atoms with E-state index in [9.17, 15) is 13.2 Å². The highest BCUT2D eigenvalue weighted by molar-refractivity contribution is 7.89. The van der Waals surface area contributed by atoms with Crippen molar-refractivity contribution in [2.75, 3.05) is 25.1 Å². The highest BCUT2D eigenvalue weighted by atomic mass is 32.2. The molecule has 0 fully saturated rings. The van der Waals surface area contributed by atoms with Crippen LogP contribution in [0, 0.1) is 0 Å². The summed E-state index contributed by atoms with van der Waals surface area (Å²) in [5.74, 6) is 0.558. The van der Waals surface area contributed by atoms with Crippen LogP contribution in [0.1, 0.15) is 29.3 Å². The van der Waals surface area contributed by atoms with E-state index in [1.807, 2.05) is 13.0 Å². The molecule has 1 amide bonds. The number of benzene rings is 2. The summed E-state index contributed by atoms with van der Waals surface area (Å²) >= 11 is 0. The number of carbonyl (C=O) groups is 1. The van der Waals surface area contributed by atoms with E-state index in [1.165, 1.54) is 13.1 Å². The molecule has 0 unspecified atom stereocenters. The molecule has 26 heavy (non-hydrogen) atoms. The highest BCUT2D eigenvalue weighted by Gasteiger charge is 2.27. The van der Waals surface area contributed by atoms with Crippen molar-refractivity contribution in [3.05, 3.63) is 53.6 Å². The molecule has 3 rings (SSSR count). The van der Waals surface area contributed by atoms with Crippen LogP contribution < -0.4 is 14.4 Å². The Kier molecular flexibility index (Phi) is 5.29. The summed E-state index contributed by atoms with van der Waals surface area (Å²) in [5, 5.41) is 0. The number of sulfonamides is 1. The van der Waals surface area contributed by atoms with Gasteiger partial charge in [0.15, 0.2) is 0 Å². The summed E-state index contributed by atoms with van der Waals surface area (Å²) in [7, 11) is -2.11. The third-order valence-corrected chi connectivity index (χ3v) is 5.74. The first-order chi connectivity index (χ1) is 12.5. The molecular formula is C19H22N2O4S. The van der Waals surface area contributed by atoms with Crippen molar-refractivity contribution in [3.63, 3.8) is 0 Å². The Bertz CT molecular complexity index is 925. The number of hydrogen-bond acceptors (Lipinski definition) is 4. The van der Waals surface area contributed by atoms with Gasteiger partial charge in [0.2, 0.25) is 10.0 Å². The first kappa shape index (κ1) is 18.4. The molecule has 138 valence electrons. The molecule has 0 spiro atoms. The van der Waals surface area contributed by atoms with Crippen molar-refractivity contribution in [1.29, 1.82) is 0 Å². The monoisotopic (exact) mass is 374 g/mol. The summed E-state index contributed by atoms with van der Waals surface area (Å²) in [5.41, 5.74) is 2.16. The van der Waals surface area contributed by atoms with Crippen LogP contribution in [0.25, 0.3) is 0 Å². The maximum absolute atomic E-state index is 12.9. The van der Waals surface area contributed by atoms with Gasteiger partial charge in [-0.2, -0.15) is 0 Å². The van der Waals surface area contributed by atoms with Gasteiger partial charge in [-0.1, -0.05) is 13.0 Å². The van der Waals surface area contributed by atoms with Crippen LogP contribution in [0.5, 0.6) is 5.75 Å². The molecule has 6 nitrogen and oxygen atoms in total. The number of rotatable bonds is 6. The third-order valence-electron chi connectivity index (χ3n) is 4.32. The van der Waals surface area contributed by atoms with E-state index in [0.717, 1.165) is 17.7 Å². The van der Waals surface area contributed by atoms with Crippen LogP contribution in [0.2, 0.25) is 0 Å². The van der Waals surface area contributed by atoms with Gasteiger partial charge in [0.05, 0.1) is 11.5 Å². The summed E-state index contributed by atoms with van der Waals surface area (Å²) in [4.78, 5) is 14.8. The van der Waals surface area contributed by atoms with Gasteiger partial charge in [0.1, 0.15) is 5.75 Å². The molecule has 0 saturated heterocycles. The van der Waals surface area contributed by atoms with E-state index >= 15 is 0 Å². The molecule has 0 atom stereocenters. The Hall–Kier alpha value is -2.38. The van der Waals surface area contributed by atoms with Gasteiger partial charge < -0.3 is 9.64 Å². The molecule has 2 aromatic rings. The second-order valence-electron chi connectivity index (χ2n) is 6.08. The van der Waals surface area contributed by atoms with Crippen LogP contribution in [-0.2, 0) is 16.4 Å². The number of carbonyl (C=O) groups excluding carboxylic acids is 1. The molecule has 7 heteroatoms. The Morgan fingerprint density at radius 2 is 2.04 bits per heavy atom. The van der Waals surface area contributed by atoms with Gasteiger partial charge in [0, 0.05) is 17.8 Å². The van der Waals surface area contributed by atoms with E-state index in [2.05, 4.69) is 4.72 Å². The fourth-order valence-electron chi connectivity index (χ4n) is 2.97. The summed E-state index contributed by atoms with van der Waals surface area (Å²) in [6.07, 6.45) is 1.52. The first-order valence-electron chi connectivity index (χ1n) is 8.57. The number of ether oxygens (including phenoxy) is 1. The molecule has 0 bridgehead atoms. The Morgan fingerprint density at radius 3 is 2.77 bits per heavy atom. The standard InChI is InChI=1S/C19H22N2O4S/c1-3-11-25-16-6-4-5-15(12-16)19(22)21-10-9-14-13-17(7-8-18(14)21)26(23,24)20-2/h4-8,12-13,20H,3,9-11H2,1-2H3. The minimum absolute atomic E-state index is 0.116. The average Bonchev–Trinajstić information content (AvgIpc) is 3.09. The van der Waals surface area contributed by atoms with Crippen LogP contribution in [0.15, 0.2) is 47.4 Å². The highest BCUT2D eigenvalue weighted by Crippen LogP contribution is 2.31. The molecule has 1 heterocycles.